The van der Waals surface area contributed by atoms with Crippen molar-refractivity contribution in [1.29, 1.82) is 0 Å². The van der Waals surface area contributed by atoms with Crippen LogP contribution in [0.2, 0.25) is 0 Å². The van der Waals surface area contributed by atoms with Crippen LogP contribution in [-0.4, -0.2) is 9.97 Å². The molecule has 0 spiro atoms. The Bertz CT molecular complexity index is 504. The minimum absolute atomic E-state index is 0.0285. The number of halogens is 1. The highest BCUT2D eigenvalue weighted by Crippen LogP contribution is 2.24. The van der Waals surface area contributed by atoms with Crippen molar-refractivity contribution in [2.75, 3.05) is 0 Å². The van der Waals surface area contributed by atoms with E-state index in [1.165, 1.54) is 0 Å². The zero-order valence-corrected chi connectivity index (χ0v) is 12.2. The fraction of sp³-hybridized carbons (Fsp3) is 0.357. The van der Waals surface area contributed by atoms with Crippen LogP contribution in [0.15, 0.2) is 34.9 Å². The molecule has 0 saturated carbocycles. The SMILES string of the molecule is CCC(C)C(N)c1ncc(-c2ccc(Br)cc2)[nH]1. The molecule has 3 N–H and O–H groups in total. The van der Waals surface area contributed by atoms with Gasteiger partial charge in [0.25, 0.3) is 0 Å². The molecule has 2 atom stereocenters. The third-order valence-corrected chi connectivity index (χ3v) is 3.85. The lowest BCUT2D eigenvalue weighted by Gasteiger charge is -2.15. The van der Waals surface area contributed by atoms with Crippen LogP contribution in [0.3, 0.4) is 0 Å². The Morgan fingerprint density at radius 2 is 2.00 bits per heavy atom. The van der Waals surface area contributed by atoms with E-state index in [1.807, 2.05) is 18.3 Å². The molecule has 2 aromatic rings. The average Bonchev–Trinajstić information content (AvgIpc) is 2.87. The van der Waals surface area contributed by atoms with E-state index in [-0.39, 0.29) is 6.04 Å². The Hall–Kier alpha value is -1.13. The molecule has 0 radical (unpaired) electrons. The van der Waals surface area contributed by atoms with E-state index in [2.05, 4.69) is 51.9 Å². The minimum atomic E-state index is -0.0285. The summed E-state index contributed by atoms with van der Waals surface area (Å²) in [6, 6.07) is 8.11. The van der Waals surface area contributed by atoms with Gasteiger partial charge in [0.2, 0.25) is 0 Å². The highest BCUT2D eigenvalue weighted by Gasteiger charge is 2.16. The molecule has 0 fully saturated rings. The molecule has 0 aliphatic carbocycles. The number of H-pyrrole nitrogens is 1. The van der Waals surface area contributed by atoms with Crippen molar-refractivity contribution in [1.82, 2.24) is 9.97 Å². The lowest BCUT2D eigenvalue weighted by molar-refractivity contribution is 0.441. The number of nitrogens with zero attached hydrogens (tertiary/aromatic N) is 1. The Morgan fingerprint density at radius 3 is 2.61 bits per heavy atom. The van der Waals surface area contributed by atoms with Gasteiger partial charge in [-0.05, 0) is 23.6 Å². The summed E-state index contributed by atoms with van der Waals surface area (Å²) in [5.41, 5.74) is 8.29. The summed E-state index contributed by atoms with van der Waals surface area (Å²) in [7, 11) is 0. The number of nitrogens with two attached hydrogens (primary N) is 1. The van der Waals surface area contributed by atoms with Gasteiger partial charge in [-0.3, -0.25) is 0 Å². The van der Waals surface area contributed by atoms with Gasteiger partial charge in [0.05, 0.1) is 17.9 Å². The average molecular weight is 308 g/mol. The van der Waals surface area contributed by atoms with Crippen LogP contribution in [0.4, 0.5) is 0 Å². The van der Waals surface area contributed by atoms with Crippen molar-refractivity contribution in [3.8, 4) is 11.3 Å². The molecular formula is C14H18BrN3. The van der Waals surface area contributed by atoms with Gasteiger partial charge in [-0.15, -0.1) is 0 Å². The molecule has 18 heavy (non-hydrogen) atoms. The first-order valence-electron chi connectivity index (χ1n) is 6.18. The Kier molecular flexibility index (Phi) is 4.19. The van der Waals surface area contributed by atoms with Gasteiger partial charge in [-0.1, -0.05) is 48.3 Å². The predicted octanol–water partition coefficient (Wildman–Crippen LogP) is 3.89. The number of hydrogen-bond donors (Lipinski definition) is 2. The molecule has 0 amide bonds. The molecule has 0 bridgehead atoms. The monoisotopic (exact) mass is 307 g/mol. The van der Waals surface area contributed by atoms with Crippen LogP contribution in [0.1, 0.15) is 32.1 Å². The summed E-state index contributed by atoms with van der Waals surface area (Å²) in [5, 5.41) is 0. The molecular weight excluding hydrogens is 290 g/mol. The molecule has 2 unspecified atom stereocenters. The van der Waals surface area contributed by atoms with Gasteiger partial charge in [0.1, 0.15) is 5.82 Å². The summed E-state index contributed by atoms with van der Waals surface area (Å²) < 4.78 is 1.07. The zero-order valence-electron chi connectivity index (χ0n) is 10.7. The lowest BCUT2D eigenvalue weighted by atomic mass is 10.00. The molecule has 1 aromatic heterocycles. The molecule has 0 aliphatic rings. The van der Waals surface area contributed by atoms with Crippen LogP contribution >= 0.6 is 15.9 Å². The molecule has 1 heterocycles. The van der Waals surface area contributed by atoms with Gasteiger partial charge < -0.3 is 10.7 Å². The van der Waals surface area contributed by atoms with E-state index < -0.39 is 0 Å². The number of hydrogen-bond acceptors (Lipinski definition) is 2. The molecule has 0 saturated heterocycles. The van der Waals surface area contributed by atoms with Crippen molar-refractivity contribution in [3.63, 3.8) is 0 Å². The van der Waals surface area contributed by atoms with Crippen molar-refractivity contribution >= 4 is 15.9 Å². The first kappa shape index (κ1) is 13.3. The molecule has 96 valence electrons. The second-order valence-corrected chi connectivity index (χ2v) is 5.52. The molecule has 4 heteroatoms. The Balaban J connectivity index is 2.22. The van der Waals surface area contributed by atoms with E-state index >= 15 is 0 Å². The maximum absolute atomic E-state index is 6.16. The van der Waals surface area contributed by atoms with E-state index in [9.17, 15) is 0 Å². The summed E-state index contributed by atoms with van der Waals surface area (Å²) >= 11 is 3.43. The van der Waals surface area contributed by atoms with Crippen molar-refractivity contribution in [2.45, 2.75) is 26.3 Å². The molecule has 1 aromatic carbocycles. The second kappa shape index (κ2) is 5.67. The molecule has 2 rings (SSSR count). The standard InChI is InChI=1S/C14H18BrN3/c1-3-9(2)13(16)14-17-8-12(18-14)10-4-6-11(15)7-5-10/h4-9,13H,3,16H2,1-2H3,(H,17,18). The first-order chi connectivity index (χ1) is 8.61. The van der Waals surface area contributed by atoms with Crippen LogP contribution < -0.4 is 5.73 Å². The third-order valence-electron chi connectivity index (χ3n) is 3.32. The van der Waals surface area contributed by atoms with Gasteiger partial charge >= 0.3 is 0 Å². The largest absolute Gasteiger partial charge is 0.341 e. The summed E-state index contributed by atoms with van der Waals surface area (Å²) in [6.07, 6.45) is 2.90. The van der Waals surface area contributed by atoms with E-state index in [0.29, 0.717) is 5.92 Å². The van der Waals surface area contributed by atoms with Gasteiger partial charge in [0, 0.05) is 4.47 Å². The number of rotatable bonds is 4. The fourth-order valence-electron chi connectivity index (χ4n) is 1.81. The summed E-state index contributed by atoms with van der Waals surface area (Å²) in [6.45, 7) is 4.29. The molecule has 3 nitrogen and oxygen atoms in total. The van der Waals surface area contributed by atoms with Crippen LogP contribution in [0, 0.1) is 5.92 Å². The van der Waals surface area contributed by atoms with Gasteiger partial charge in [0.15, 0.2) is 0 Å². The van der Waals surface area contributed by atoms with Gasteiger partial charge in [-0.2, -0.15) is 0 Å². The normalized spacial score (nSPS) is 14.4. The van der Waals surface area contributed by atoms with Crippen molar-refractivity contribution in [3.05, 3.63) is 40.8 Å². The van der Waals surface area contributed by atoms with Crippen molar-refractivity contribution < 1.29 is 0 Å². The summed E-state index contributed by atoms with van der Waals surface area (Å²) in [5.74, 6) is 1.29. The highest BCUT2D eigenvalue weighted by molar-refractivity contribution is 9.10. The van der Waals surface area contributed by atoms with Crippen LogP contribution in [0.25, 0.3) is 11.3 Å². The number of benzene rings is 1. The first-order valence-corrected chi connectivity index (χ1v) is 6.97. The van der Waals surface area contributed by atoms with E-state index in [4.69, 9.17) is 5.73 Å². The summed E-state index contributed by atoms with van der Waals surface area (Å²) in [4.78, 5) is 7.70. The molecule has 0 aliphatic heterocycles. The number of aromatic nitrogens is 2. The number of imidazole rings is 1. The quantitative estimate of drug-likeness (QED) is 0.900. The predicted molar refractivity (Wildman–Crippen MR) is 78.1 cm³/mol. The smallest absolute Gasteiger partial charge is 0.123 e. The maximum Gasteiger partial charge on any atom is 0.123 e. The Morgan fingerprint density at radius 1 is 1.33 bits per heavy atom. The number of aromatic amines is 1. The Labute approximate surface area is 116 Å². The zero-order chi connectivity index (χ0) is 13.1. The van der Waals surface area contributed by atoms with E-state index in [1.54, 1.807) is 0 Å². The van der Waals surface area contributed by atoms with Crippen LogP contribution in [-0.2, 0) is 0 Å². The maximum atomic E-state index is 6.16. The topological polar surface area (TPSA) is 54.7 Å². The lowest BCUT2D eigenvalue weighted by Crippen LogP contribution is -2.19. The van der Waals surface area contributed by atoms with Gasteiger partial charge in [-0.25, -0.2) is 4.98 Å². The highest BCUT2D eigenvalue weighted by atomic mass is 79.9. The van der Waals surface area contributed by atoms with Crippen LogP contribution in [0.5, 0.6) is 0 Å². The second-order valence-electron chi connectivity index (χ2n) is 4.60. The third kappa shape index (κ3) is 2.82. The number of nitrogens with one attached hydrogen (secondary N) is 1. The van der Waals surface area contributed by atoms with Crippen molar-refractivity contribution in [2.24, 2.45) is 11.7 Å². The van der Waals surface area contributed by atoms with E-state index in [0.717, 1.165) is 28.0 Å². The fourth-order valence-corrected chi connectivity index (χ4v) is 2.07. The minimum Gasteiger partial charge on any atom is -0.341 e.